The average molecular weight is 224 g/mol. The second-order valence-electron chi connectivity index (χ2n) is 3.92. The minimum Gasteiger partial charge on any atom is -0.384 e. The molecule has 1 aliphatic carbocycles. The molecular weight excluding hydrogens is 210 g/mol. The van der Waals surface area contributed by atoms with E-state index in [9.17, 15) is 0 Å². The molecule has 0 heterocycles. The maximum Gasteiger partial charge on any atom is 0.122 e. The quantitative estimate of drug-likeness (QED) is 0.610. The third kappa shape index (κ3) is 2.07. The molecule has 0 saturated heterocycles. The summed E-state index contributed by atoms with van der Waals surface area (Å²) in [5, 5.41) is 7.98. The van der Waals surface area contributed by atoms with Gasteiger partial charge in [-0.1, -0.05) is 11.6 Å². The maximum absolute atomic E-state index is 7.31. The number of nitrogen functional groups attached to an aromatic ring is 1. The second-order valence-corrected chi connectivity index (χ2v) is 4.33. The molecule has 1 aromatic rings. The minimum atomic E-state index is 0.0533. The van der Waals surface area contributed by atoms with Crippen molar-refractivity contribution >= 4 is 23.1 Å². The molecule has 3 N–H and O–H groups in total. The van der Waals surface area contributed by atoms with Crippen LogP contribution in [0.25, 0.3) is 0 Å². The van der Waals surface area contributed by atoms with Crippen LogP contribution >= 0.6 is 11.6 Å². The molecule has 0 aliphatic heterocycles. The van der Waals surface area contributed by atoms with Crippen LogP contribution in [0.4, 0.5) is 5.69 Å². The van der Waals surface area contributed by atoms with E-state index in [2.05, 4.69) is 4.90 Å². The van der Waals surface area contributed by atoms with Gasteiger partial charge in [0.15, 0.2) is 0 Å². The van der Waals surface area contributed by atoms with Gasteiger partial charge in [-0.3, -0.25) is 5.41 Å². The molecule has 0 unspecified atom stereocenters. The Kier molecular flexibility index (Phi) is 2.57. The highest BCUT2D eigenvalue weighted by Gasteiger charge is 2.27. The van der Waals surface area contributed by atoms with Crippen molar-refractivity contribution in [3.8, 4) is 0 Å². The molecule has 0 spiro atoms. The number of anilines is 1. The van der Waals surface area contributed by atoms with Gasteiger partial charge in [0, 0.05) is 18.7 Å². The van der Waals surface area contributed by atoms with Gasteiger partial charge in [-0.05, 0) is 31.0 Å². The summed E-state index contributed by atoms with van der Waals surface area (Å²) in [5.74, 6) is 0.0533. The molecule has 0 aromatic heterocycles. The number of nitrogens with one attached hydrogen (secondary N) is 1. The Labute approximate surface area is 94.3 Å². The smallest absolute Gasteiger partial charge is 0.122 e. The fourth-order valence-corrected chi connectivity index (χ4v) is 1.93. The van der Waals surface area contributed by atoms with E-state index in [4.69, 9.17) is 22.7 Å². The molecule has 4 heteroatoms. The number of halogens is 1. The van der Waals surface area contributed by atoms with Crippen molar-refractivity contribution in [3.63, 3.8) is 0 Å². The van der Waals surface area contributed by atoms with Gasteiger partial charge in [-0.15, -0.1) is 0 Å². The molecule has 0 atom stereocenters. The van der Waals surface area contributed by atoms with Crippen LogP contribution < -0.4 is 10.6 Å². The van der Waals surface area contributed by atoms with Crippen LogP contribution in [0.5, 0.6) is 0 Å². The number of benzene rings is 1. The van der Waals surface area contributed by atoms with Gasteiger partial charge in [-0.25, -0.2) is 0 Å². The van der Waals surface area contributed by atoms with E-state index >= 15 is 0 Å². The molecule has 80 valence electrons. The largest absolute Gasteiger partial charge is 0.384 e. The monoisotopic (exact) mass is 223 g/mol. The van der Waals surface area contributed by atoms with E-state index in [1.165, 1.54) is 12.8 Å². The normalized spacial score (nSPS) is 15.1. The molecule has 0 amide bonds. The minimum absolute atomic E-state index is 0.0533. The van der Waals surface area contributed by atoms with Gasteiger partial charge in [0.25, 0.3) is 0 Å². The highest BCUT2D eigenvalue weighted by atomic mass is 35.5. The zero-order valence-corrected chi connectivity index (χ0v) is 9.38. The topological polar surface area (TPSA) is 53.1 Å². The molecule has 2 rings (SSSR count). The fourth-order valence-electron chi connectivity index (χ4n) is 1.62. The second kappa shape index (κ2) is 3.74. The van der Waals surface area contributed by atoms with E-state index in [0.717, 1.165) is 5.69 Å². The SMILES string of the molecule is CN(c1ccc(C(=N)N)cc1Cl)C1CC1. The molecule has 3 nitrogen and oxygen atoms in total. The fraction of sp³-hybridized carbons (Fsp3) is 0.364. The third-order valence-electron chi connectivity index (χ3n) is 2.73. The predicted molar refractivity (Wildman–Crippen MR) is 63.9 cm³/mol. The van der Waals surface area contributed by atoms with Crippen molar-refractivity contribution in [2.75, 3.05) is 11.9 Å². The predicted octanol–water partition coefficient (Wildman–Crippen LogP) is 2.22. The first kappa shape index (κ1) is 10.3. The van der Waals surface area contributed by atoms with Crippen molar-refractivity contribution in [2.45, 2.75) is 18.9 Å². The summed E-state index contributed by atoms with van der Waals surface area (Å²) in [5.41, 5.74) is 7.08. The van der Waals surface area contributed by atoms with Crippen molar-refractivity contribution in [3.05, 3.63) is 28.8 Å². The van der Waals surface area contributed by atoms with Crippen molar-refractivity contribution in [1.29, 1.82) is 5.41 Å². The molecule has 1 aromatic carbocycles. The summed E-state index contributed by atoms with van der Waals surface area (Å²) in [4.78, 5) is 2.19. The number of rotatable bonds is 3. The summed E-state index contributed by atoms with van der Waals surface area (Å²) in [6.07, 6.45) is 2.47. The van der Waals surface area contributed by atoms with E-state index in [0.29, 0.717) is 16.6 Å². The highest BCUT2D eigenvalue weighted by molar-refractivity contribution is 6.33. The maximum atomic E-state index is 7.31. The molecule has 0 bridgehead atoms. The Balaban J connectivity index is 2.29. The first-order valence-electron chi connectivity index (χ1n) is 4.96. The van der Waals surface area contributed by atoms with Crippen LogP contribution in [0.2, 0.25) is 5.02 Å². The molecular formula is C11H14ClN3. The number of amidine groups is 1. The highest BCUT2D eigenvalue weighted by Crippen LogP contribution is 2.34. The number of nitrogens with zero attached hydrogens (tertiary/aromatic N) is 1. The Hall–Kier alpha value is -1.22. The first-order valence-corrected chi connectivity index (χ1v) is 5.34. The summed E-state index contributed by atoms with van der Waals surface area (Å²) >= 11 is 6.15. The Morgan fingerprint density at radius 2 is 2.20 bits per heavy atom. The summed E-state index contributed by atoms with van der Waals surface area (Å²) in [6.45, 7) is 0. The zero-order valence-electron chi connectivity index (χ0n) is 8.63. The zero-order chi connectivity index (χ0) is 11.0. The number of hydrogen-bond acceptors (Lipinski definition) is 2. The molecule has 1 fully saturated rings. The molecule has 1 saturated carbocycles. The molecule has 1 aliphatic rings. The Morgan fingerprint density at radius 1 is 1.53 bits per heavy atom. The van der Waals surface area contributed by atoms with Gasteiger partial charge in [-0.2, -0.15) is 0 Å². The lowest BCUT2D eigenvalue weighted by atomic mass is 10.2. The lowest BCUT2D eigenvalue weighted by Crippen LogP contribution is -2.20. The van der Waals surface area contributed by atoms with Crippen LogP contribution in [-0.2, 0) is 0 Å². The summed E-state index contributed by atoms with van der Waals surface area (Å²) in [6, 6.07) is 6.14. The van der Waals surface area contributed by atoms with Gasteiger partial charge in [0.1, 0.15) is 5.84 Å². The van der Waals surface area contributed by atoms with Crippen LogP contribution in [0.3, 0.4) is 0 Å². The summed E-state index contributed by atoms with van der Waals surface area (Å²) in [7, 11) is 2.05. The van der Waals surface area contributed by atoms with E-state index in [1.54, 1.807) is 6.07 Å². The van der Waals surface area contributed by atoms with Gasteiger partial charge < -0.3 is 10.6 Å². The van der Waals surface area contributed by atoms with Gasteiger partial charge in [0.05, 0.1) is 10.7 Å². The first-order chi connectivity index (χ1) is 7.09. The standard InChI is InChI=1S/C11H14ClN3/c1-15(8-3-4-8)10-5-2-7(11(13)14)6-9(10)12/h2,5-6,8H,3-4H2,1H3,(H3,13,14). The van der Waals surface area contributed by atoms with Crippen LogP contribution in [0.15, 0.2) is 18.2 Å². The molecule has 0 radical (unpaired) electrons. The van der Waals surface area contributed by atoms with Crippen LogP contribution in [0, 0.1) is 5.41 Å². The van der Waals surface area contributed by atoms with Crippen molar-refractivity contribution < 1.29 is 0 Å². The summed E-state index contributed by atoms with van der Waals surface area (Å²) < 4.78 is 0. The average Bonchev–Trinajstić information content (AvgIpc) is 2.99. The lowest BCUT2D eigenvalue weighted by molar-refractivity contribution is 0.917. The number of nitrogens with two attached hydrogens (primary N) is 1. The number of hydrogen-bond donors (Lipinski definition) is 2. The van der Waals surface area contributed by atoms with Gasteiger partial charge in [0.2, 0.25) is 0 Å². The van der Waals surface area contributed by atoms with Crippen molar-refractivity contribution in [1.82, 2.24) is 0 Å². The van der Waals surface area contributed by atoms with Crippen LogP contribution in [-0.4, -0.2) is 18.9 Å². The lowest BCUT2D eigenvalue weighted by Gasteiger charge is -2.20. The van der Waals surface area contributed by atoms with E-state index < -0.39 is 0 Å². The van der Waals surface area contributed by atoms with E-state index in [1.807, 2.05) is 19.2 Å². The van der Waals surface area contributed by atoms with Gasteiger partial charge >= 0.3 is 0 Å². The Morgan fingerprint density at radius 3 is 2.67 bits per heavy atom. The Bertz CT molecular complexity index is 399. The molecule has 15 heavy (non-hydrogen) atoms. The third-order valence-corrected chi connectivity index (χ3v) is 3.04. The van der Waals surface area contributed by atoms with Crippen LogP contribution in [0.1, 0.15) is 18.4 Å². The van der Waals surface area contributed by atoms with Crippen molar-refractivity contribution in [2.24, 2.45) is 5.73 Å². The van der Waals surface area contributed by atoms with E-state index in [-0.39, 0.29) is 5.84 Å².